The molecule has 0 aliphatic carbocycles. The maximum Gasteiger partial charge on any atom is 0.171 e. The summed E-state index contributed by atoms with van der Waals surface area (Å²) in [4.78, 5) is 8.71. The average Bonchev–Trinajstić information content (AvgIpc) is 2.67. The van der Waals surface area contributed by atoms with Crippen molar-refractivity contribution in [2.75, 3.05) is 0 Å². The minimum absolute atomic E-state index is 0.0625. The molecule has 0 bridgehead atoms. The lowest BCUT2D eigenvalue weighted by molar-refractivity contribution is 0.421. The van der Waals surface area contributed by atoms with Crippen molar-refractivity contribution in [2.45, 2.75) is 39.8 Å². The second-order valence-electron chi connectivity index (χ2n) is 5.48. The van der Waals surface area contributed by atoms with Gasteiger partial charge < -0.3 is 5.32 Å². The van der Waals surface area contributed by atoms with E-state index in [1.54, 1.807) is 23.3 Å². The highest BCUT2D eigenvalue weighted by atomic mass is 35.5. The lowest BCUT2D eigenvalue weighted by atomic mass is 10.1. The molecule has 2 aromatic heterocycles. The number of hydrogen-bond donors (Lipinski definition) is 1. The number of hydrogen-bond acceptors (Lipinski definition) is 4. The summed E-state index contributed by atoms with van der Waals surface area (Å²) < 4.78 is 1.63. The Morgan fingerprint density at radius 1 is 1.26 bits per heavy atom. The van der Waals surface area contributed by atoms with E-state index in [2.05, 4.69) is 41.2 Å². The summed E-state index contributed by atoms with van der Waals surface area (Å²) in [5.41, 5.74) is 1.74. The molecule has 2 rings (SSSR count). The third kappa shape index (κ3) is 3.75. The second kappa shape index (κ2) is 5.27. The van der Waals surface area contributed by atoms with Crippen molar-refractivity contribution in [3.05, 3.63) is 35.0 Å². The minimum atomic E-state index is 0.0625. The van der Waals surface area contributed by atoms with Crippen molar-refractivity contribution >= 4 is 11.6 Å². The Morgan fingerprint density at radius 2 is 2.00 bits per heavy atom. The summed E-state index contributed by atoms with van der Waals surface area (Å²) in [7, 11) is 0. The molecule has 102 valence electrons. The maximum absolute atomic E-state index is 5.97. The summed E-state index contributed by atoms with van der Waals surface area (Å²) in [6, 6.07) is 0. The van der Waals surface area contributed by atoms with Gasteiger partial charge in [0.25, 0.3) is 0 Å². The molecule has 0 aromatic carbocycles. The van der Waals surface area contributed by atoms with Crippen LogP contribution in [-0.4, -0.2) is 25.3 Å². The van der Waals surface area contributed by atoms with Crippen molar-refractivity contribution in [1.82, 2.24) is 25.1 Å². The molecule has 0 spiro atoms. The molecule has 0 amide bonds. The van der Waals surface area contributed by atoms with Gasteiger partial charge in [-0.05, 0) is 27.7 Å². The van der Waals surface area contributed by atoms with E-state index in [4.69, 9.17) is 11.6 Å². The lowest BCUT2D eigenvalue weighted by Crippen LogP contribution is -2.35. The van der Waals surface area contributed by atoms with Gasteiger partial charge in [-0.3, -0.25) is 4.98 Å². The van der Waals surface area contributed by atoms with Crippen LogP contribution in [-0.2, 0) is 6.54 Å². The van der Waals surface area contributed by atoms with Crippen LogP contribution in [0.3, 0.4) is 0 Å². The monoisotopic (exact) mass is 279 g/mol. The maximum atomic E-state index is 5.97. The van der Waals surface area contributed by atoms with Gasteiger partial charge in [0.2, 0.25) is 0 Å². The van der Waals surface area contributed by atoms with Crippen LogP contribution >= 0.6 is 11.6 Å². The van der Waals surface area contributed by atoms with Gasteiger partial charge in [-0.25, -0.2) is 9.67 Å². The molecule has 0 saturated heterocycles. The fourth-order valence-corrected chi connectivity index (χ4v) is 1.60. The standard InChI is InChI=1S/C13H18ClN5/c1-9-11(14)8-19(18-9)12-7-15-10(5-16-12)6-17-13(2,3)4/h5,7-8,17H,6H2,1-4H3. The number of halogens is 1. The van der Waals surface area contributed by atoms with E-state index >= 15 is 0 Å². The average molecular weight is 280 g/mol. The van der Waals surface area contributed by atoms with Crippen LogP contribution in [0.4, 0.5) is 0 Å². The molecule has 2 aromatic rings. The molecular weight excluding hydrogens is 262 g/mol. The fourth-order valence-electron chi connectivity index (χ4n) is 1.47. The van der Waals surface area contributed by atoms with E-state index in [1.165, 1.54) is 0 Å². The fraction of sp³-hybridized carbons (Fsp3) is 0.462. The third-order valence-electron chi connectivity index (χ3n) is 2.57. The van der Waals surface area contributed by atoms with E-state index in [1.807, 2.05) is 6.92 Å². The largest absolute Gasteiger partial charge is 0.306 e. The quantitative estimate of drug-likeness (QED) is 0.938. The van der Waals surface area contributed by atoms with Crippen LogP contribution in [0.5, 0.6) is 0 Å². The smallest absolute Gasteiger partial charge is 0.171 e. The van der Waals surface area contributed by atoms with Gasteiger partial charge in [0.1, 0.15) is 0 Å². The molecule has 0 saturated carbocycles. The van der Waals surface area contributed by atoms with Gasteiger partial charge >= 0.3 is 0 Å². The Morgan fingerprint density at radius 3 is 2.47 bits per heavy atom. The predicted octanol–water partition coefficient (Wildman–Crippen LogP) is 2.51. The van der Waals surface area contributed by atoms with Crippen LogP contribution in [0.25, 0.3) is 5.82 Å². The van der Waals surface area contributed by atoms with E-state index in [0.717, 1.165) is 11.4 Å². The van der Waals surface area contributed by atoms with Gasteiger partial charge in [-0.2, -0.15) is 5.10 Å². The molecule has 0 atom stereocenters. The highest BCUT2D eigenvalue weighted by Crippen LogP contribution is 2.14. The summed E-state index contributed by atoms with van der Waals surface area (Å²) in [6.07, 6.45) is 5.18. The normalized spacial score (nSPS) is 11.8. The highest BCUT2D eigenvalue weighted by molar-refractivity contribution is 6.31. The molecule has 0 fully saturated rings. The number of nitrogens with one attached hydrogen (secondary N) is 1. The summed E-state index contributed by atoms with van der Waals surface area (Å²) in [5.74, 6) is 0.662. The molecule has 1 N–H and O–H groups in total. The van der Waals surface area contributed by atoms with Crippen LogP contribution < -0.4 is 5.32 Å². The SMILES string of the molecule is Cc1nn(-c2cnc(CNC(C)(C)C)cn2)cc1Cl. The van der Waals surface area contributed by atoms with Crippen LogP contribution in [0.15, 0.2) is 18.6 Å². The molecule has 5 nitrogen and oxygen atoms in total. The third-order valence-corrected chi connectivity index (χ3v) is 2.94. The first-order valence-electron chi connectivity index (χ1n) is 6.13. The first kappa shape index (κ1) is 14.0. The zero-order valence-electron chi connectivity index (χ0n) is 11.6. The van der Waals surface area contributed by atoms with Gasteiger partial charge in [-0.1, -0.05) is 11.6 Å². The number of aryl methyl sites for hydroxylation is 1. The molecule has 0 aliphatic heterocycles. The van der Waals surface area contributed by atoms with Gasteiger partial charge in [0.05, 0.1) is 35.0 Å². The molecule has 6 heteroatoms. The molecule has 2 heterocycles. The number of nitrogens with zero attached hydrogens (tertiary/aromatic N) is 4. The number of aromatic nitrogens is 4. The van der Waals surface area contributed by atoms with Gasteiger partial charge in [0.15, 0.2) is 5.82 Å². The van der Waals surface area contributed by atoms with Gasteiger partial charge in [-0.15, -0.1) is 0 Å². The van der Waals surface area contributed by atoms with E-state index < -0.39 is 0 Å². The summed E-state index contributed by atoms with van der Waals surface area (Å²) in [5, 5.41) is 8.25. The summed E-state index contributed by atoms with van der Waals surface area (Å²) >= 11 is 5.97. The van der Waals surface area contributed by atoms with Gasteiger partial charge in [0, 0.05) is 12.1 Å². The first-order valence-corrected chi connectivity index (χ1v) is 6.51. The number of rotatable bonds is 3. The van der Waals surface area contributed by atoms with E-state index in [-0.39, 0.29) is 5.54 Å². The van der Waals surface area contributed by atoms with Crippen molar-refractivity contribution in [1.29, 1.82) is 0 Å². The van der Waals surface area contributed by atoms with Crippen molar-refractivity contribution in [2.24, 2.45) is 0 Å². The molecule has 19 heavy (non-hydrogen) atoms. The minimum Gasteiger partial charge on any atom is -0.306 e. The topological polar surface area (TPSA) is 55.6 Å². The molecular formula is C13H18ClN5. The van der Waals surface area contributed by atoms with Crippen LogP contribution in [0.2, 0.25) is 5.02 Å². The Kier molecular flexibility index (Phi) is 3.87. The van der Waals surface area contributed by atoms with E-state index in [0.29, 0.717) is 17.4 Å². The Labute approximate surface area is 118 Å². The Hall–Kier alpha value is -1.46. The Bertz CT molecular complexity index is 534. The van der Waals surface area contributed by atoms with E-state index in [9.17, 15) is 0 Å². The van der Waals surface area contributed by atoms with Crippen molar-refractivity contribution in [3.8, 4) is 5.82 Å². The zero-order valence-corrected chi connectivity index (χ0v) is 12.4. The zero-order chi connectivity index (χ0) is 14.0. The highest BCUT2D eigenvalue weighted by Gasteiger charge is 2.10. The Balaban J connectivity index is 2.10. The lowest BCUT2D eigenvalue weighted by Gasteiger charge is -2.19. The van der Waals surface area contributed by atoms with Crippen molar-refractivity contribution < 1.29 is 0 Å². The predicted molar refractivity (Wildman–Crippen MR) is 75.5 cm³/mol. The molecule has 0 unspecified atom stereocenters. The van der Waals surface area contributed by atoms with Crippen LogP contribution in [0, 0.1) is 6.92 Å². The first-order chi connectivity index (χ1) is 8.85. The second-order valence-corrected chi connectivity index (χ2v) is 5.88. The van der Waals surface area contributed by atoms with Crippen molar-refractivity contribution in [3.63, 3.8) is 0 Å². The van der Waals surface area contributed by atoms with Crippen LogP contribution in [0.1, 0.15) is 32.2 Å². The molecule has 0 aliphatic rings. The summed E-state index contributed by atoms with van der Waals surface area (Å²) in [6.45, 7) is 8.89. The molecule has 0 radical (unpaired) electrons.